The molecule has 0 bridgehead atoms. The molecule has 6 nitrogen and oxygen atoms in total. The van der Waals surface area contributed by atoms with E-state index in [1.165, 1.54) is 0 Å². The summed E-state index contributed by atoms with van der Waals surface area (Å²) in [5.41, 5.74) is 2.15. The first-order valence-corrected chi connectivity index (χ1v) is 12.6. The first-order chi connectivity index (χ1) is 16.4. The number of pyridine rings is 1. The molecule has 0 aliphatic carbocycles. The summed E-state index contributed by atoms with van der Waals surface area (Å²) in [6.45, 7) is 4.47. The van der Waals surface area contributed by atoms with Crippen molar-refractivity contribution in [3.05, 3.63) is 78.0 Å². The highest BCUT2D eigenvalue weighted by molar-refractivity contribution is 7.99. The normalized spacial score (nSPS) is 16.7. The number of Topliss-reactive ketones (excluding diaryl/α,β-unsaturated/α-hetero) is 1. The van der Waals surface area contributed by atoms with Crippen LogP contribution in [0.2, 0.25) is 0 Å². The Morgan fingerprint density at radius 2 is 1.79 bits per heavy atom. The number of likely N-dealkylation sites (tertiary alicyclic amines) is 1. The van der Waals surface area contributed by atoms with Crippen LogP contribution in [0, 0.1) is 5.92 Å². The van der Waals surface area contributed by atoms with Gasteiger partial charge in [-0.05, 0) is 30.0 Å². The molecular formula is C27H29N3O3S. The number of para-hydroxylation sites is 1. The minimum Gasteiger partial charge on any atom is -0.339 e. The summed E-state index contributed by atoms with van der Waals surface area (Å²) in [6, 6.07) is 20.4. The van der Waals surface area contributed by atoms with Gasteiger partial charge in [0.15, 0.2) is 5.78 Å². The first kappa shape index (κ1) is 24.0. The second-order valence-electron chi connectivity index (χ2n) is 9.02. The van der Waals surface area contributed by atoms with Gasteiger partial charge in [-0.3, -0.25) is 14.4 Å². The highest BCUT2D eigenvalue weighted by Crippen LogP contribution is 2.25. The van der Waals surface area contributed by atoms with Crippen molar-refractivity contribution in [2.24, 2.45) is 5.92 Å². The van der Waals surface area contributed by atoms with E-state index in [0.29, 0.717) is 13.0 Å². The Hall–Kier alpha value is -3.19. The fourth-order valence-corrected chi connectivity index (χ4v) is 5.21. The molecule has 1 aliphatic rings. The number of ketones is 1. The summed E-state index contributed by atoms with van der Waals surface area (Å²) >= 11 is 1.56. The van der Waals surface area contributed by atoms with Crippen LogP contribution in [0.4, 0.5) is 0 Å². The SMILES string of the molecule is CC(C)C[C@H](NC(=O)c1ccc2ccccc2n1)C(=O)N1CC(=O)C(SCc2ccccc2)C1. The predicted molar refractivity (Wildman–Crippen MR) is 136 cm³/mol. The number of rotatable bonds is 8. The fourth-order valence-electron chi connectivity index (χ4n) is 4.08. The average molecular weight is 476 g/mol. The lowest BCUT2D eigenvalue weighted by Crippen LogP contribution is -2.49. The molecule has 0 radical (unpaired) electrons. The van der Waals surface area contributed by atoms with Crippen LogP contribution in [-0.4, -0.2) is 51.9 Å². The lowest BCUT2D eigenvalue weighted by molar-refractivity contribution is -0.133. The molecular weight excluding hydrogens is 446 g/mol. The number of fused-ring (bicyclic) bond motifs is 1. The largest absolute Gasteiger partial charge is 0.339 e. The van der Waals surface area contributed by atoms with Gasteiger partial charge in [-0.1, -0.05) is 68.4 Å². The van der Waals surface area contributed by atoms with Crippen molar-refractivity contribution < 1.29 is 14.4 Å². The molecule has 1 unspecified atom stereocenters. The van der Waals surface area contributed by atoms with Gasteiger partial charge in [0.2, 0.25) is 5.91 Å². The molecule has 1 fully saturated rings. The molecule has 1 N–H and O–H groups in total. The maximum atomic E-state index is 13.4. The Morgan fingerprint density at radius 3 is 2.56 bits per heavy atom. The quantitative estimate of drug-likeness (QED) is 0.531. The molecule has 0 saturated carbocycles. The number of carbonyl (C=O) groups excluding carboxylic acids is 3. The van der Waals surface area contributed by atoms with Crippen molar-refractivity contribution in [2.75, 3.05) is 13.1 Å². The summed E-state index contributed by atoms with van der Waals surface area (Å²) in [5.74, 6) is 0.378. The molecule has 34 heavy (non-hydrogen) atoms. The molecule has 1 saturated heterocycles. The molecule has 2 amide bonds. The third-order valence-corrected chi connectivity index (χ3v) is 7.15. The van der Waals surface area contributed by atoms with E-state index >= 15 is 0 Å². The number of nitrogens with zero attached hydrogens (tertiary/aromatic N) is 2. The molecule has 2 aromatic carbocycles. The third-order valence-electron chi connectivity index (χ3n) is 5.84. The lowest BCUT2D eigenvalue weighted by Gasteiger charge is -2.25. The molecule has 4 rings (SSSR count). The number of hydrogen-bond donors (Lipinski definition) is 1. The highest BCUT2D eigenvalue weighted by atomic mass is 32.2. The highest BCUT2D eigenvalue weighted by Gasteiger charge is 2.37. The summed E-state index contributed by atoms with van der Waals surface area (Å²) in [5, 5.41) is 3.58. The Bertz CT molecular complexity index is 1180. The summed E-state index contributed by atoms with van der Waals surface area (Å²) in [6.07, 6.45) is 0.491. The van der Waals surface area contributed by atoms with Crippen LogP contribution in [0.5, 0.6) is 0 Å². The summed E-state index contributed by atoms with van der Waals surface area (Å²) in [7, 11) is 0. The second-order valence-corrected chi connectivity index (χ2v) is 10.2. The average Bonchev–Trinajstić information content (AvgIpc) is 3.22. The van der Waals surface area contributed by atoms with Crippen LogP contribution < -0.4 is 5.32 Å². The molecule has 7 heteroatoms. The van der Waals surface area contributed by atoms with Gasteiger partial charge < -0.3 is 10.2 Å². The third kappa shape index (κ3) is 5.83. The molecule has 2 atom stereocenters. The zero-order valence-corrected chi connectivity index (χ0v) is 20.3. The summed E-state index contributed by atoms with van der Waals surface area (Å²) < 4.78 is 0. The summed E-state index contributed by atoms with van der Waals surface area (Å²) in [4.78, 5) is 45.0. The first-order valence-electron chi connectivity index (χ1n) is 11.5. The number of carbonyl (C=O) groups is 3. The Labute approximate surface area is 204 Å². The van der Waals surface area contributed by atoms with E-state index < -0.39 is 6.04 Å². The smallest absolute Gasteiger partial charge is 0.270 e. The van der Waals surface area contributed by atoms with Gasteiger partial charge in [-0.15, -0.1) is 11.8 Å². The maximum absolute atomic E-state index is 13.4. The lowest BCUT2D eigenvalue weighted by atomic mass is 10.0. The monoisotopic (exact) mass is 475 g/mol. The zero-order valence-electron chi connectivity index (χ0n) is 19.4. The van der Waals surface area contributed by atoms with E-state index in [2.05, 4.69) is 10.3 Å². The van der Waals surface area contributed by atoms with Crippen molar-refractivity contribution in [2.45, 2.75) is 37.3 Å². The minimum atomic E-state index is -0.702. The van der Waals surface area contributed by atoms with Gasteiger partial charge in [-0.25, -0.2) is 4.98 Å². The topological polar surface area (TPSA) is 79.4 Å². The van der Waals surface area contributed by atoms with Crippen molar-refractivity contribution in [1.82, 2.24) is 15.2 Å². The molecule has 1 aromatic heterocycles. The van der Waals surface area contributed by atoms with Gasteiger partial charge in [0.25, 0.3) is 5.91 Å². The number of nitrogens with one attached hydrogen (secondary N) is 1. The molecule has 176 valence electrons. The van der Waals surface area contributed by atoms with Gasteiger partial charge in [-0.2, -0.15) is 0 Å². The van der Waals surface area contributed by atoms with Gasteiger partial charge in [0.05, 0.1) is 17.3 Å². The molecule has 2 heterocycles. The van der Waals surface area contributed by atoms with E-state index in [1.54, 1.807) is 22.7 Å². The van der Waals surface area contributed by atoms with E-state index in [4.69, 9.17) is 0 Å². The number of amides is 2. The maximum Gasteiger partial charge on any atom is 0.270 e. The zero-order chi connectivity index (χ0) is 24.1. The van der Waals surface area contributed by atoms with Crippen LogP contribution in [0.25, 0.3) is 10.9 Å². The van der Waals surface area contributed by atoms with Crippen LogP contribution >= 0.6 is 11.8 Å². The van der Waals surface area contributed by atoms with Crippen molar-refractivity contribution in [3.8, 4) is 0 Å². The van der Waals surface area contributed by atoms with Crippen molar-refractivity contribution >= 4 is 40.3 Å². The van der Waals surface area contributed by atoms with Gasteiger partial charge in [0.1, 0.15) is 11.7 Å². The van der Waals surface area contributed by atoms with Crippen LogP contribution in [0.15, 0.2) is 66.7 Å². The van der Waals surface area contributed by atoms with Crippen LogP contribution in [0.1, 0.15) is 36.3 Å². The predicted octanol–water partition coefficient (Wildman–Crippen LogP) is 4.09. The van der Waals surface area contributed by atoms with Gasteiger partial charge in [0, 0.05) is 17.7 Å². The van der Waals surface area contributed by atoms with Crippen LogP contribution in [-0.2, 0) is 15.3 Å². The van der Waals surface area contributed by atoms with E-state index in [1.807, 2.05) is 74.5 Å². The van der Waals surface area contributed by atoms with E-state index in [9.17, 15) is 14.4 Å². The number of hydrogen-bond acceptors (Lipinski definition) is 5. The minimum absolute atomic E-state index is 0.0556. The molecule has 0 spiro atoms. The Kier molecular flexibility index (Phi) is 7.63. The molecule has 3 aromatic rings. The Morgan fingerprint density at radius 1 is 1.06 bits per heavy atom. The van der Waals surface area contributed by atoms with Crippen molar-refractivity contribution in [1.29, 1.82) is 0 Å². The van der Waals surface area contributed by atoms with E-state index in [-0.39, 0.29) is 41.0 Å². The Balaban J connectivity index is 1.42. The van der Waals surface area contributed by atoms with E-state index in [0.717, 1.165) is 22.2 Å². The number of aromatic nitrogens is 1. The second kappa shape index (κ2) is 10.8. The van der Waals surface area contributed by atoms with Gasteiger partial charge >= 0.3 is 0 Å². The van der Waals surface area contributed by atoms with Crippen LogP contribution in [0.3, 0.4) is 0 Å². The number of benzene rings is 2. The number of thioether (sulfide) groups is 1. The molecule has 1 aliphatic heterocycles. The van der Waals surface area contributed by atoms with Crippen molar-refractivity contribution in [3.63, 3.8) is 0 Å². The standard InChI is InChI=1S/C27H29N3O3S/c1-18(2)14-23(29-26(32)22-13-12-20-10-6-7-11-21(20)28-22)27(33)30-15-24(31)25(16-30)34-17-19-8-4-3-5-9-19/h3-13,18,23,25H,14-17H2,1-2H3,(H,29,32)/t23-,25?/m0/s1. The fraction of sp³-hybridized carbons (Fsp3) is 0.333.